The van der Waals surface area contributed by atoms with Crippen molar-refractivity contribution < 1.29 is 9.59 Å². The van der Waals surface area contributed by atoms with E-state index in [0.717, 1.165) is 25.1 Å². The highest BCUT2D eigenvalue weighted by Crippen LogP contribution is 2.09. The Hall–Kier alpha value is -2.39. The van der Waals surface area contributed by atoms with Gasteiger partial charge in [-0.05, 0) is 30.5 Å². The molecule has 2 amide bonds. The van der Waals surface area contributed by atoms with E-state index in [0.29, 0.717) is 31.5 Å². The van der Waals surface area contributed by atoms with Crippen molar-refractivity contribution in [2.24, 2.45) is 5.73 Å². The fourth-order valence-electron chi connectivity index (χ4n) is 2.75. The van der Waals surface area contributed by atoms with Crippen molar-refractivity contribution in [2.75, 3.05) is 32.7 Å². The molecule has 1 aliphatic heterocycles. The molecule has 6 heteroatoms. The van der Waals surface area contributed by atoms with E-state index in [1.807, 2.05) is 21.9 Å². The van der Waals surface area contributed by atoms with Crippen LogP contribution >= 0.6 is 0 Å². The Morgan fingerprint density at radius 2 is 1.87 bits per heavy atom. The summed E-state index contributed by atoms with van der Waals surface area (Å²) in [6, 6.07) is 9.41. The van der Waals surface area contributed by atoms with Crippen LogP contribution in [0, 0.1) is 11.3 Å². The van der Waals surface area contributed by atoms with Crippen molar-refractivity contribution in [3.63, 3.8) is 0 Å². The second-order valence-corrected chi connectivity index (χ2v) is 5.79. The van der Waals surface area contributed by atoms with E-state index in [9.17, 15) is 9.59 Å². The predicted molar refractivity (Wildman–Crippen MR) is 86.3 cm³/mol. The third-order valence-corrected chi connectivity index (χ3v) is 4.03. The molecule has 0 atom stereocenters. The number of nitrogens with two attached hydrogens (primary N) is 1. The van der Waals surface area contributed by atoms with E-state index in [2.05, 4.69) is 6.07 Å². The highest BCUT2D eigenvalue weighted by atomic mass is 16.2. The lowest BCUT2D eigenvalue weighted by Crippen LogP contribution is -2.38. The maximum atomic E-state index is 12.3. The third kappa shape index (κ3) is 5.38. The Balaban J connectivity index is 1.81. The van der Waals surface area contributed by atoms with Gasteiger partial charge < -0.3 is 10.6 Å². The first-order valence-electron chi connectivity index (χ1n) is 7.86. The SMILES string of the molecule is N#Cc1ccc(CCC(=O)N2CCCN(CC(N)=O)CC2)cc1. The minimum atomic E-state index is -0.328. The van der Waals surface area contributed by atoms with Crippen LogP contribution in [0.4, 0.5) is 0 Å². The van der Waals surface area contributed by atoms with Crippen molar-refractivity contribution in [2.45, 2.75) is 19.3 Å². The van der Waals surface area contributed by atoms with Gasteiger partial charge in [-0.2, -0.15) is 5.26 Å². The number of primary amides is 1. The van der Waals surface area contributed by atoms with Crippen molar-refractivity contribution >= 4 is 11.8 Å². The van der Waals surface area contributed by atoms with Gasteiger partial charge in [-0.3, -0.25) is 14.5 Å². The topological polar surface area (TPSA) is 90.4 Å². The van der Waals surface area contributed by atoms with Crippen LogP contribution in [-0.2, 0) is 16.0 Å². The number of amides is 2. The van der Waals surface area contributed by atoms with Crippen molar-refractivity contribution in [1.82, 2.24) is 9.80 Å². The van der Waals surface area contributed by atoms with Gasteiger partial charge in [-0.15, -0.1) is 0 Å². The number of carbonyl (C=O) groups is 2. The van der Waals surface area contributed by atoms with E-state index in [1.165, 1.54) is 0 Å². The maximum Gasteiger partial charge on any atom is 0.231 e. The molecule has 6 nitrogen and oxygen atoms in total. The van der Waals surface area contributed by atoms with Gasteiger partial charge in [0.1, 0.15) is 0 Å². The van der Waals surface area contributed by atoms with Crippen LogP contribution in [-0.4, -0.2) is 54.3 Å². The summed E-state index contributed by atoms with van der Waals surface area (Å²) in [5.74, 6) is -0.194. The molecule has 0 aliphatic carbocycles. The molecule has 0 unspecified atom stereocenters. The number of aryl methyl sites for hydroxylation is 1. The molecule has 0 aromatic heterocycles. The molecular formula is C17H22N4O2. The normalized spacial score (nSPS) is 15.7. The van der Waals surface area contributed by atoms with Crippen LogP contribution in [0.5, 0.6) is 0 Å². The summed E-state index contributed by atoms with van der Waals surface area (Å²) >= 11 is 0. The van der Waals surface area contributed by atoms with Gasteiger partial charge in [0.15, 0.2) is 0 Å². The van der Waals surface area contributed by atoms with Gasteiger partial charge in [0, 0.05) is 32.6 Å². The number of nitrogens with zero attached hydrogens (tertiary/aromatic N) is 3. The molecule has 23 heavy (non-hydrogen) atoms. The molecule has 1 saturated heterocycles. The molecule has 1 aromatic rings. The van der Waals surface area contributed by atoms with Crippen LogP contribution < -0.4 is 5.73 Å². The van der Waals surface area contributed by atoms with E-state index < -0.39 is 0 Å². The van der Waals surface area contributed by atoms with E-state index >= 15 is 0 Å². The summed E-state index contributed by atoms with van der Waals surface area (Å²) in [6.07, 6.45) is 1.99. The van der Waals surface area contributed by atoms with Gasteiger partial charge in [0.2, 0.25) is 11.8 Å². The highest BCUT2D eigenvalue weighted by Gasteiger charge is 2.19. The fourth-order valence-corrected chi connectivity index (χ4v) is 2.75. The maximum absolute atomic E-state index is 12.3. The standard InChI is InChI=1S/C17H22N4O2/c18-12-15-4-2-14(3-5-15)6-7-17(23)21-9-1-8-20(10-11-21)13-16(19)22/h2-5H,1,6-11,13H2,(H2,19,22). The summed E-state index contributed by atoms with van der Waals surface area (Å²) in [4.78, 5) is 27.2. The van der Waals surface area contributed by atoms with Gasteiger partial charge >= 0.3 is 0 Å². The van der Waals surface area contributed by atoms with Crippen molar-refractivity contribution in [1.29, 1.82) is 5.26 Å². The largest absolute Gasteiger partial charge is 0.369 e. The molecule has 1 fully saturated rings. The van der Waals surface area contributed by atoms with Crippen LogP contribution in [0.3, 0.4) is 0 Å². The smallest absolute Gasteiger partial charge is 0.231 e. The number of benzene rings is 1. The Bertz CT molecular complexity index is 592. The molecule has 0 saturated carbocycles. The first kappa shape index (κ1) is 17.0. The van der Waals surface area contributed by atoms with Crippen molar-refractivity contribution in [3.05, 3.63) is 35.4 Å². The lowest BCUT2D eigenvalue weighted by molar-refractivity contribution is -0.131. The molecule has 2 N–H and O–H groups in total. The Labute approximate surface area is 136 Å². The molecule has 122 valence electrons. The second-order valence-electron chi connectivity index (χ2n) is 5.79. The lowest BCUT2D eigenvalue weighted by atomic mass is 10.1. The number of nitriles is 1. The molecule has 1 heterocycles. The van der Waals surface area contributed by atoms with Gasteiger partial charge in [-0.25, -0.2) is 0 Å². The average Bonchev–Trinajstić information content (AvgIpc) is 2.78. The van der Waals surface area contributed by atoms with Gasteiger partial charge in [0.05, 0.1) is 18.2 Å². The first-order valence-corrected chi connectivity index (χ1v) is 7.86. The zero-order valence-corrected chi connectivity index (χ0v) is 13.2. The first-order chi connectivity index (χ1) is 11.1. The minimum absolute atomic E-state index is 0.135. The van der Waals surface area contributed by atoms with E-state index in [-0.39, 0.29) is 18.4 Å². The lowest BCUT2D eigenvalue weighted by Gasteiger charge is -2.21. The molecule has 0 radical (unpaired) electrons. The summed E-state index contributed by atoms with van der Waals surface area (Å²) in [5.41, 5.74) is 6.91. The van der Waals surface area contributed by atoms with Crippen LogP contribution in [0.15, 0.2) is 24.3 Å². The van der Waals surface area contributed by atoms with E-state index in [1.54, 1.807) is 12.1 Å². The van der Waals surface area contributed by atoms with Gasteiger partial charge in [0.25, 0.3) is 0 Å². The minimum Gasteiger partial charge on any atom is -0.369 e. The number of rotatable bonds is 5. The molecular weight excluding hydrogens is 292 g/mol. The number of hydrogen-bond donors (Lipinski definition) is 1. The van der Waals surface area contributed by atoms with Crippen molar-refractivity contribution in [3.8, 4) is 6.07 Å². The quantitative estimate of drug-likeness (QED) is 0.857. The zero-order chi connectivity index (χ0) is 16.7. The molecule has 1 aromatic carbocycles. The highest BCUT2D eigenvalue weighted by molar-refractivity contribution is 5.77. The summed E-state index contributed by atoms with van der Waals surface area (Å²) in [6.45, 7) is 3.10. The third-order valence-electron chi connectivity index (χ3n) is 4.03. The molecule has 0 bridgehead atoms. The Morgan fingerprint density at radius 1 is 1.13 bits per heavy atom. The fraction of sp³-hybridized carbons (Fsp3) is 0.471. The summed E-state index contributed by atoms with van der Waals surface area (Å²) in [5, 5.41) is 8.78. The average molecular weight is 314 g/mol. The predicted octanol–water partition coefficient (Wildman–Crippen LogP) is 0.510. The molecule has 2 rings (SSSR count). The molecule has 1 aliphatic rings. The number of carbonyl (C=O) groups excluding carboxylic acids is 2. The van der Waals surface area contributed by atoms with Crippen LogP contribution in [0.25, 0.3) is 0 Å². The van der Waals surface area contributed by atoms with Gasteiger partial charge in [-0.1, -0.05) is 12.1 Å². The summed E-state index contributed by atoms with van der Waals surface area (Å²) < 4.78 is 0. The van der Waals surface area contributed by atoms with E-state index in [4.69, 9.17) is 11.0 Å². The zero-order valence-electron chi connectivity index (χ0n) is 13.2. The summed E-state index contributed by atoms with van der Waals surface area (Å²) in [7, 11) is 0. The molecule has 0 spiro atoms. The Morgan fingerprint density at radius 3 is 2.52 bits per heavy atom. The monoisotopic (exact) mass is 314 g/mol. The van der Waals surface area contributed by atoms with Crippen LogP contribution in [0.1, 0.15) is 24.0 Å². The van der Waals surface area contributed by atoms with Crippen LogP contribution in [0.2, 0.25) is 0 Å². The second kappa shape index (κ2) is 8.30. The Kier molecular flexibility index (Phi) is 6.12. The number of hydrogen-bond acceptors (Lipinski definition) is 4.